The number of nitrogens with zero attached hydrogens (tertiary/aromatic N) is 3. The van der Waals surface area contributed by atoms with Crippen molar-refractivity contribution in [3.8, 4) is 17.8 Å². The molecule has 19 heavy (non-hydrogen) atoms. The van der Waals surface area contributed by atoms with Gasteiger partial charge in [-0.3, -0.25) is 0 Å². The van der Waals surface area contributed by atoms with Gasteiger partial charge >= 0.3 is 0 Å². The summed E-state index contributed by atoms with van der Waals surface area (Å²) in [5, 5.41) is 27.7. The Morgan fingerprint density at radius 2 is 1.79 bits per heavy atom. The number of hydrogen-bond donors (Lipinski definition) is 1. The summed E-state index contributed by atoms with van der Waals surface area (Å²) in [4.78, 5) is 0. The number of benzene rings is 1. The molecule has 0 fully saturated rings. The monoisotopic (exact) mass is 251 g/mol. The standard InChI is InChI=1S/C15H13N3O/c1-10-15(11(2)19)7-14(9-17)18(10)13-5-3-12(8-16)4-6-13/h3-7,11,19H,1-2H3. The molecule has 1 atom stereocenters. The predicted octanol–water partition coefficient (Wildman–Crippen LogP) is 2.58. The van der Waals surface area contributed by atoms with Gasteiger partial charge in [-0.1, -0.05) is 0 Å². The Labute approximate surface area is 111 Å². The minimum Gasteiger partial charge on any atom is -0.389 e. The van der Waals surface area contributed by atoms with Gasteiger partial charge in [0.05, 0.1) is 17.7 Å². The van der Waals surface area contributed by atoms with E-state index in [1.54, 1.807) is 41.8 Å². The maximum atomic E-state index is 9.70. The molecule has 94 valence electrons. The maximum Gasteiger partial charge on any atom is 0.125 e. The highest BCUT2D eigenvalue weighted by molar-refractivity contribution is 5.47. The molecule has 2 rings (SSSR count). The van der Waals surface area contributed by atoms with E-state index in [4.69, 9.17) is 5.26 Å². The van der Waals surface area contributed by atoms with Gasteiger partial charge in [-0.15, -0.1) is 0 Å². The van der Waals surface area contributed by atoms with Crippen LogP contribution in [0.5, 0.6) is 0 Å². The molecule has 1 N–H and O–H groups in total. The van der Waals surface area contributed by atoms with Gasteiger partial charge in [-0.05, 0) is 44.2 Å². The number of aliphatic hydroxyl groups excluding tert-OH is 1. The second-order valence-electron chi connectivity index (χ2n) is 4.35. The largest absolute Gasteiger partial charge is 0.389 e. The summed E-state index contributed by atoms with van der Waals surface area (Å²) in [6, 6.07) is 12.9. The molecule has 0 radical (unpaired) electrons. The number of nitriles is 2. The molecule has 1 heterocycles. The van der Waals surface area contributed by atoms with Gasteiger partial charge in [0.1, 0.15) is 11.8 Å². The van der Waals surface area contributed by atoms with Crippen LogP contribution in [-0.2, 0) is 0 Å². The van der Waals surface area contributed by atoms with Crippen molar-refractivity contribution >= 4 is 0 Å². The summed E-state index contributed by atoms with van der Waals surface area (Å²) in [7, 11) is 0. The SMILES string of the molecule is Cc1c(C(C)O)cc(C#N)n1-c1ccc(C#N)cc1. The zero-order valence-electron chi connectivity index (χ0n) is 10.8. The summed E-state index contributed by atoms with van der Waals surface area (Å²) in [5.74, 6) is 0. The summed E-state index contributed by atoms with van der Waals surface area (Å²) < 4.78 is 1.78. The Morgan fingerprint density at radius 1 is 1.16 bits per heavy atom. The summed E-state index contributed by atoms with van der Waals surface area (Å²) >= 11 is 0. The van der Waals surface area contributed by atoms with Gasteiger partial charge < -0.3 is 9.67 Å². The second kappa shape index (κ2) is 4.97. The van der Waals surface area contributed by atoms with Crippen LogP contribution in [-0.4, -0.2) is 9.67 Å². The van der Waals surface area contributed by atoms with Crippen LogP contribution in [0.3, 0.4) is 0 Å². The van der Waals surface area contributed by atoms with E-state index in [9.17, 15) is 10.4 Å². The Kier molecular flexibility index (Phi) is 3.37. The fourth-order valence-electron chi connectivity index (χ4n) is 2.15. The van der Waals surface area contributed by atoms with Gasteiger partial charge in [-0.2, -0.15) is 10.5 Å². The molecular weight excluding hydrogens is 238 g/mol. The fourth-order valence-corrected chi connectivity index (χ4v) is 2.15. The third-order valence-electron chi connectivity index (χ3n) is 3.11. The Hall–Kier alpha value is -2.56. The van der Waals surface area contributed by atoms with E-state index in [0.29, 0.717) is 11.3 Å². The topological polar surface area (TPSA) is 72.7 Å². The van der Waals surface area contributed by atoms with Crippen LogP contribution in [0.4, 0.5) is 0 Å². The van der Waals surface area contributed by atoms with Gasteiger partial charge in [0.25, 0.3) is 0 Å². The lowest BCUT2D eigenvalue weighted by Crippen LogP contribution is -2.01. The van der Waals surface area contributed by atoms with E-state index in [2.05, 4.69) is 12.1 Å². The van der Waals surface area contributed by atoms with Gasteiger partial charge in [0.2, 0.25) is 0 Å². The molecule has 0 saturated heterocycles. The third kappa shape index (κ3) is 2.22. The Morgan fingerprint density at radius 3 is 2.26 bits per heavy atom. The summed E-state index contributed by atoms with van der Waals surface area (Å²) in [5.41, 5.74) is 3.41. The quantitative estimate of drug-likeness (QED) is 0.891. The predicted molar refractivity (Wildman–Crippen MR) is 70.6 cm³/mol. The van der Waals surface area contributed by atoms with E-state index in [-0.39, 0.29) is 0 Å². The van der Waals surface area contributed by atoms with Crippen molar-refractivity contribution in [3.05, 3.63) is 52.8 Å². The number of rotatable bonds is 2. The molecule has 1 unspecified atom stereocenters. The molecule has 0 saturated carbocycles. The highest BCUT2D eigenvalue weighted by atomic mass is 16.3. The highest BCUT2D eigenvalue weighted by Crippen LogP contribution is 2.25. The van der Waals surface area contributed by atoms with Crippen molar-refractivity contribution < 1.29 is 5.11 Å². The molecule has 0 spiro atoms. The lowest BCUT2D eigenvalue weighted by Gasteiger charge is -2.09. The minimum atomic E-state index is -0.619. The van der Waals surface area contributed by atoms with E-state index < -0.39 is 6.10 Å². The van der Waals surface area contributed by atoms with Crippen LogP contribution < -0.4 is 0 Å². The molecule has 0 amide bonds. The minimum absolute atomic E-state index is 0.470. The summed E-state index contributed by atoms with van der Waals surface area (Å²) in [6.45, 7) is 3.54. The lowest BCUT2D eigenvalue weighted by molar-refractivity contribution is 0.198. The van der Waals surface area contributed by atoms with Crippen LogP contribution in [0.15, 0.2) is 30.3 Å². The number of hydrogen-bond acceptors (Lipinski definition) is 3. The fraction of sp³-hybridized carbons (Fsp3) is 0.200. The van der Waals surface area contributed by atoms with Gasteiger partial charge in [0.15, 0.2) is 0 Å². The van der Waals surface area contributed by atoms with E-state index in [0.717, 1.165) is 16.9 Å². The zero-order chi connectivity index (χ0) is 14.0. The second-order valence-corrected chi connectivity index (χ2v) is 4.35. The van der Waals surface area contributed by atoms with Gasteiger partial charge in [-0.25, -0.2) is 0 Å². The van der Waals surface area contributed by atoms with Crippen molar-refractivity contribution in [3.63, 3.8) is 0 Å². The zero-order valence-corrected chi connectivity index (χ0v) is 10.8. The first kappa shape index (κ1) is 12.9. The number of aromatic nitrogens is 1. The molecule has 1 aromatic heterocycles. The van der Waals surface area contributed by atoms with Crippen molar-refractivity contribution in [1.29, 1.82) is 10.5 Å². The van der Waals surface area contributed by atoms with E-state index in [1.807, 2.05) is 6.92 Å². The average Bonchev–Trinajstić information content (AvgIpc) is 2.76. The van der Waals surface area contributed by atoms with Gasteiger partial charge in [0, 0.05) is 16.9 Å². The maximum absolute atomic E-state index is 9.70. The van der Waals surface area contributed by atoms with Crippen molar-refractivity contribution in [2.75, 3.05) is 0 Å². The highest BCUT2D eigenvalue weighted by Gasteiger charge is 2.15. The number of aliphatic hydroxyl groups is 1. The van der Waals surface area contributed by atoms with Crippen molar-refractivity contribution in [2.45, 2.75) is 20.0 Å². The molecule has 2 aromatic rings. The van der Waals surface area contributed by atoms with Crippen molar-refractivity contribution in [1.82, 2.24) is 4.57 Å². The first-order valence-corrected chi connectivity index (χ1v) is 5.89. The van der Waals surface area contributed by atoms with Crippen LogP contribution in [0.2, 0.25) is 0 Å². The van der Waals surface area contributed by atoms with Crippen LogP contribution in [0, 0.1) is 29.6 Å². The lowest BCUT2D eigenvalue weighted by atomic mass is 10.1. The normalized spacial score (nSPS) is 11.6. The van der Waals surface area contributed by atoms with Crippen LogP contribution >= 0.6 is 0 Å². The van der Waals surface area contributed by atoms with E-state index >= 15 is 0 Å². The van der Waals surface area contributed by atoms with Crippen LogP contribution in [0.25, 0.3) is 5.69 Å². The molecule has 0 aliphatic carbocycles. The molecule has 0 aliphatic rings. The summed E-state index contributed by atoms with van der Waals surface area (Å²) in [6.07, 6.45) is -0.619. The molecule has 1 aromatic carbocycles. The molecule has 0 bridgehead atoms. The molecule has 4 heteroatoms. The molecular formula is C15H13N3O. The molecule has 4 nitrogen and oxygen atoms in total. The average molecular weight is 251 g/mol. The smallest absolute Gasteiger partial charge is 0.125 e. The van der Waals surface area contributed by atoms with Crippen LogP contribution in [0.1, 0.15) is 35.5 Å². The van der Waals surface area contributed by atoms with E-state index in [1.165, 1.54) is 0 Å². The van der Waals surface area contributed by atoms with Crippen molar-refractivity contribution in [2.24, 2.45) is 0 Å². The third-order valence-corrected chi connectivity index (χ3v) is 3.11. The first-order valence-electron chi connectivity index (χ1n) is 5.89. The first-order chi connectivity index (χ1) is 9.08. The Balaban J connectivity index is 2.61. The Bertz CT molecular complexity index is 682. The molecule has 0 aliphatic heterocycles.